The largest absolute Gasteiger partial charge is 0.482 e. The van der Waals surface area contributed by atoms with Gasteiger partial charge in [-0.25, -0.2) is 8.42 Å². The Morgan fingerprint density at radius 1 is 0.968 bits per heavy atom. The van der Waals surface area contributed by atoms with Crippen molar-refractivity contribution in [2.45, 2.75) is 55.9 Å². The van der Waals surface area contributed by atoms with E-state index in [-0.39, 0.29) is 34.2 Å². The van der Waals surface area contributed by atoms with E-state index in [4.69, 9.17) is 27.9 Å². The number of nitrogens with one attached hydrogen (secondary N) is 2. The maximum Gasteiger partial charge on any atom is 0.261 e. The zero-order valence-corrected chi connectivity index (χ0v) is 19.4. The molecule has 0 atom stereocenters. The Kier molecular flexibility index (Phi) is 8.46. The maximum absolute atomic E-state index is 12.6. The van der Waals surface area contributed by atoms with Gasteiger partial charge in [-0.05, 0) is 55.3 Å². The molecule has 1 amide bonds. The number of ether oxygens (including phenoxy) is 1. The summed E-state index contributed by atoms with van der Waals surface area (Å²) in [5.74, 6) is 0.0441. The molecule has 1 aliphatic rings. The van der Waals surface area contributed by atoms with Gasteiger partial charge >= 0.3 is 0 Å². The van der Waals surface area contributed by atoms with E-state index >= 15 is 0 Å². The lowest BCUT2D eigenvalue weighted by Crippen LogP contribution is -2.38. The van der Waals surface area contributed by atoms with Gasteiger partial charge in [0.05, 0.1) is 9.92 Å². The summed E-state index contributed by atoms with van der Waals surface area (Å²) in [5, 5.41) is 3.64. The minimum Gasteiger partial charge on any atom is -0.482 e. The number of sulfonamides is 1. The number of carbonyl (C=O) groups excluding carboxylic acids is 1. The maximum atomic E-state index is 12.6. The third-order valence-corrected chi connectivity index (χ3v) is 7.07. The van der Waals surface area contributed by atoms with Crippen molar-refractivity contribution in [3.63, 3.8) is 0 Å². The van der Waals surface area contributed by atoms with Crippen LogP contribution < -0.4 is 14.8 Å². The molecule has 1 fully saturated rings. The molecule has 9 heteroatoms. The van der Waals surface area contributed by atoms with Gasteiger partial charge in [0.2, 0.25) is 0 Å². The van der Waals surface area contributed by atoms with Crippen molar-refractivity contribution in [2.75, 3.05) is 11.3 Å². The number of amides is 1. The second-order valence-electron chi connectivity index (χ2n) is 7.60. The van der Waals surface area contributed by atoms with Gasteiger partial charge < -0.3 is 10.1 Å². The first-order chi connectivity index (χ1) is 14.8. The van der Waals surface area contributed by atoms with Crippen LogP contribution in [0.5, 0.6) is 5.75 Å². The number of halogens is 2. The van der Waals surface area contributed by atoms with Crippen LogP contribution in [0.15, 0.2) is 47.4 Å². The molecule has 0 unspecified atom stereocenters. The first-order valence-corrected chi connectivity index (χ1v) is 12.6. The molecule has 1 aliphatic carbocycles. The molecule has 2 aromatic carbocycles. The van der Waals surface area contributed by atoms with E-state index in [2.05, 4.69) is 10.0 Å². The van der Waals surface area contributed by atoms with E-state index in [1.165, 1.54) is 37.5 Å². The van der Waals surface area contributed by atoms with Crippen molar-refractivity contribution < 1.29 is 17.9 Å². The second kappa shape index (κ2) is 11.1. The van der Waals surface area contributed by atoms with Crippen molar-refractivity contribution in [3.8, 4) is 5.75 Å². The Morgan fingerprint density at radius 3 is 2.26 bits per heavy atom. The highest BCUT2D eigenvalue weighted by Gasteiger charge is 2.18. The summed E-state index contributed by atoms with van der Waals surface area (Å²) in [6, 6.07) is 10.6. The highest BCUT2D eigenvalue weighted by Crippen LogP contribution is 2.28. The molecule has 1 saturated carbocycles. The summed E-state index contributed by atoms with van der Waals surface area (Å²) in [4.78, 5) is 12.2. The van der Waals surface area contributed by atoms with Crippen LogP contribution in [0, 0.1) is 0 Å². The number of hydrogen-bond acceptors (Lipinski definition) is 4. The predicted octanol–water partition coefficient (Wildman–Crippen LogP) is 5.40. The summed E-state index contributed by atoms with van der Waals surface area (Å²) in [5.41, 5.74) is 0.381. The Hall–Kier alpha value is -1.96. The molecule has 168 valence electrons. The van der Waals surface area contributed by atoms with Crippen molar-refractivity contribution in [1.29, 1.82) is 0 Å². The van der Waals surface area contributed by atoms with Crippen LogP contribution in [0.25, 0.3) is 0 Å². The van der Waals surface area contributed by atoms with E-state index < -0.39 is 10.0 Å². The first-order valence-electron chi connectivity index (χ1n) is 10.3. The number of hydrogen-bond donors (Lipinski definition) is 2. The number of carbonyl (C=O) groups is 1. The van der Waals surface area contributed by atoms with Crippen molar-refractivity contribution in [3.05, 3.63) is 52.5 Å². The lowest BCUT2D eigenvalue weighted by Gasteiger charge is -2.21. The van der Waals surface area contributed by atoms with E-state index in [1.54, 1.807) is 24.3 Å². The molecule has 3 rings (SSSR count). The molecular weight excluding hydrogens is 459 g/mol. The summed E-state index contributed by atoms with van der Waals surface area (Å²) < 4.78 is 33.1. The number of benzene rings is 2. The fourth-order valence-corrected chi connectivity index (χ4v) is 5.02. The molecule has 0 bridgehead atoms. The van der Waals surface area contributed by atoms with E-state index in [9.17, 15) is 13.2 Å². The van der Waals surface area contributed by atoms with Gasteiger partial charge in [-0.15, -0.1) is 0 Å². The first kappa shape index (κ1) is 23.7. The van der Waals surface area contributed by atoms with Gasteiger partial charge in [-0.2, -0.15) is 0 Å². The van der Waals surface area contributed by atoms with Crippen molar-refractivity contribution >= 4 is 44.8 Å². The highest BCUT2D eigenvalue weighted by atomic mass is 35.5. The van der Waals surface area contributed by atoms with Crippen LogP contribution in [0.2, 0.25) is 10.0 Å². The van der Waals surface area contributed by atoms with E-state index in [0.717, 1.165) is 25.7 Å². The van der Waals surface area contributed by atoms with Gasteiger partial charge in [0.1, 0.15) is 5.75 Å². The molecular formula is C22H26Cl2N2O4S. The van der Waals surface area contributed by atoms with Gasteiger partial charge in [0, 0.05) is 16.8 Å². The molecule has 2 N–H and O–H groups in total. The fraction of sp³-hybridized carbons (Fsp3) is 0.409. The molecule has 31 heavy (non-hydrogen) atoms. The third-order valence-electron chi connectivity index (χ3n) is 5.14. The summed E-state index contributed by atoms with van der Waals surface area (Å²) in [6.07, 6.45) is 7.90. The van der Waals surface area contributed by atoms with Crippen LogP contribution in [-0.4, -0.2) is 27.0 Å². The van der Waals surface area contributed by atoms with E-state index in [0.29, 0.717) is 10.7 Å². The molecule has 0 spiro atoms. The minimum absolute atomic E-state index is 0.0150. The van der Waals surface area contributed by atoms with Crippen molar-refractivity contribution in [1.82, 2.24) is 5.32 Å². The van der Waals surface area contributed by atoms with Gasteiger partial charge in [-0.1, -0.05) is 55.3 Å². The zero-order chi connectivity index (χ0) is 22.3. The Balaban J connectivity index is 1.57. The topological polar surface area (TPSA) is 84.5 Å². The van der Waals surface area contributed by atoms with Crippen LogP contribution in [0.3, 0.4) is 0 Å². The summed E-state index contributed by atoms with van der Waals surface area (Å²) in [7, 11) is -3.83. The molecule has 2 aromatic rings. The average Bonchev–Trinajstić information content (AvgIpc) is 2.70. The SMILES string of the molecule is O=C(COc1ccc(S(=O)(=O)Nc2ccc(Cl)cc2)cc1Cl)NC1CCCCCCC1. The molecule has 0 aromatic heterocycles. The minimum atomic E-state index is -3.83. The van der Waals surface area contributed by atoms with Crippen LogP contribution in [-0.2, 0) is 14.8 Å². The van der Waals surface area contributed by atoms with Crippen LogP contribution in [0.1, 0.15) is 44.9 Å². The van der Waals surface area contributed by atoms with E-state index in [1.807, 2.05) is 0 Å². The predicted molar refractivity (Wildman–Crippen MR) is 123 cm³/mol. The molecule has 0 saturated heterocycles. The quantitative estimate of drug-likeness (QED) is 0.550. The highest BCUT2D eigenvalue weighted by molar-refractivity contribution is 7.92. The monoisotopic (exact) mass is 484 g/mol. The standard InChI is InChI=1S/C22H26Cl2N2O4S/c23-16-8-10-18(11-9-16)26-31(28,29)19-12-13-21(20(24)14-19)30-15-22(27)25-17-6-4-2-1-3-5-7-17/h8-14,17,26H,1-7,15H2,(H,25,27). The molecule has 6 nitrogen and oxygen atoms in total. The van der Waals surface area contributed by atoms with Crippen LogP contribution in [0.4, 0.5) is 5.69 Å². The molecule has 0 radical (unpaired) electrons. The Bertz CT molecular complexity index is 989. The van der Waals surface area contributed by atoms with Gasteiger partial charge in [0.15, 0.2) is 6.61 Å². The third kappa shape index (κ3) is 7.30. The fourth-order valence-electron chi connectivity index (χ4n) is 3.51. The normalized spacial score (nSPS) is 15.5. The van der Waals surface area contributed by atoms with Gasteiger partial charge in [0.25, 0.3) is 15.9 Å². The lowest BCUT2D eigenvalue weighted by molar-refractivity contribution is -0.123. The molecule has 0 aliphatic heterocycles. The Labute approximate surface area is 193 Å². The number of rotatable bonds is 7. The second-order valence-corrected chi connectivity index (χ2v) is 10.1. The molecule has 0 heterocycles. The summed E-state index contributed by atoms with van der Waals surface area (Å²) >= 11 is 12.0. The average molecular weight is 485 g/mol. The zero-order valence-electron chi connectivity index (χ0n) is 17.1. The van der Waals surface area contributed by atoms with Gasteiger partial charge in [-0.3, -0.25) is 9.52 Å². The van der Waals surface area contributed by atoms with Crippen molar-refractivity contribution in [2.24, 2.45) is 0 Å². The Morgan fingerprint density at radius 2 is 1.61 bits per heavy atom. The number of anilines is 1. The van der Waals surface area contributed by atoms with Crippen LogP contribution >= 0.6 is 23.2 Å². The summed E-state index contributed by atoms with van der Waals surface area (Å²) in [6.45, 7) is -0.175. The smallest absolute Gasteiger partial charge is 0.261 e. The lowest BCUT2D eigenvalue weighted by atomic mass is 9.97.